The normalized spacial score (nSPS) is 12.3. The third kappa shape index (κ3) is 5.55. The van der Waals surface area contributed by atoms with Crippen molar-refractivity contribution in [1.29, 1.82) is 0 Å². The summed E-state index contributed by atoms with van der Waals surface area (Å²) in [6, 6.07) is 2.39. The minimum absolute atomic E-state index is 0.140. The number of aromatic nitrogens is 1. The van der Waals surface area contributed by atoms with Crippen molar-refractivity contribution in [1.82, 2.24) is 10.4 Å². The van der Waals surface area contributed by atoms with Crippen LogP contribution in [0.15, 0.2) is 39.9 Å². The van der Waals surface area contributed by atoms with Gasteiger partial charge in [0.1, 0.15) is 5.75 Å². The van der Waals surface area contributed by atoms with Gasteiger partial charge in [0.15, 0.2) is 5.03 Å². The SMILES string of the molecule is O=C(CS(=O)(=O)c1ccc(C(F)(F)F)cn1)N/N=C/c1csc([N+](=O)[O-])c1. The number of nitro groups is 1. The second kappa shape index (κ2) is 7.79. The van der Waals surface area contributed by atoms with Gasteiger partial charge in [-0.2, -0.15) is 18.3 Å². The summed E-state index contributed by atoms with van der Waals surface area (Å²) in [6.07, 6.45) is -3.24. The quantitative estimate of drug-likeness (QED) is 0.430. The van der Waals surface area contributed by atoms with E-state index in [2.05, 4.69) is 10.1 Å². The van der Waals surface area contributed by atoms with Gasteiger partial charge in [-0.3, -0.25) is 14.9 Å². The molecule has 2 aromatic heterocycles. The number of nitrogens with zero attached hydrogens (tertiary/aromatic N) is 3. The van der Waals surface area contributed by atoms with E-state index < -0.39 is 43.2 Å². The number of hydrazone groups is 1. The van der Waals surface area contributed by atoms with Gasteiger partial charge in [-0.25, -0.2) is 18.8 Å². The Kier molecular flexibility index (Phi) is 5.90. The van der Waals surface area contributed by atoms with Crippen molar-refractivity contribution in [3.8, 4) is 0 Å². The second-order valence-electron chi connectivity index (χ2n) is 4.91. The highest BCUT2D eigenvalue weighted by molar-refractivity contribution is 7.92. The first kappa shape index (κ1) is 20.4. The van der Waals surface area contributed by atoms with E-state index in [9.17, 15) is 36.5 Å². The van der Waals surface area contributed by atoms with E-state index in [1.165, 1.54) is 11.4 Å². The van der Waals surface area contributed by atoms with Crippen molar-refractivity contribution in [2.24, 2.45) is 5.10 Å². The van der Waals surface area contributed by atoms with Gasteiger partial charge in [0, 0.05) is 23.2 Å². The number of thiophene rings is 1. The zero-order valence-electron chi connectivity index (χ0n) is 13.0. The average molecular weight is 422 g/mol. The average Bonchev–Trinajstić information content (AvgIpc) is 3.03. The number of halogens is 3. The summed E-state index contributed by atoms with van der Waals surface area (Å²) in [5.74, 6) is -2.15. The first-order chi connectivity index (χ1) is 12.5. The van der Waals surface area contributed by atoms with Gasteiger partial charge in [0.25, 0.3) is 5.91 Å². The smallest absolute Gasteiger partial charge is 0.272 e. The zero-order chi connectivity index (χ0) is 20.2. The number of carbonyl (C=O) groups is 1. The monoisotopic (exact) mass is 422 g/mol. The lowest BCUT2D eigenvalue weighted by molar-refractivity contribution is -0.380. The molecule has 0 radical (unpaired) electrons. The lowest BCUT2D eigenvalue weighted by Gasteiger charge is -2.07. The van der Waals surface area contributed by atoms with Gasteiger partial charge in [-0.1, -0.05) is 11.3 Å². The van der Waals surface area contributed by atoms with Crippen LogP contribution in [0.1, 0.15) is 11.1 Å². The van der Waals surface area contributed by atoms with Crippen molar-refractivity contribution in [3.63, 3.8) is 0 Å². The highest BCUT2D eigenvalue weighted by Gasteiger charge is 2.31. The molecule has 2 heterocycles. The topological polar surface area (TPSA) is 132 Å². The number of carbonyl (C=O) groups excluding carboxylic acids is 1. The van der Waals surface area contributed by atoms with Crippen LogP contribution in [0.2, 0.25) is 0 Å². The zero-order valence-corrected chi connectivity index (χ0v) is 14.6. The molecule has 0 saturated heterocycles. The molecule has 2 aromatic rings. The van der Waals surface area contributed by atoms with Gasteiger partial charge in [-0.05, 0) is 12.1 Å². The summed E-state index contributed by atoms with van der Waals surface area (Å²) >= 11 is 0.839. The standard InChI is InChI=1S/C13H9F3N4O5S2/c14-13(15,16)9-1-2-11(17-5-9)27(24,25)7-10(21)19-18-4-8-3-12(20(22)23)26-6-8/h1-6H,7H2,(H,19,21)/b18-4+. The molecule has 0 fully saturated rings. The summed E-state index contributed by atoms with van der Waals surface area (Å²) in [7, 11) is -4.28. The molecular weight excluding hydrogens is 413 g/mol. The van der Waals surface area contributed by atoms with Crippen LogP contribution in [0.4, 0.5) is 18.2 Å². The lowest BCUT2D eigenvalue weighted by atomic mass is 10.3. The predicted molar refractivity (Wildman–Crippen MR) is 88.0 cm³/mol. The van der Waals surface area contributed by atoms with Crippen molar-refractivity contribution in [2.75, 3.05) is 5.75 Å². The maximum atomic E-state index is 12.4. The Balaban J connectivity index is 1.99. The van der Waals surface area contributed by atoms with E-state index in [1.54, 1.807) is 0 Å². The molecule has 0 aliphatic heterocycles. The molecule has 0 unspecified atom stereocenters. The molecular formula is C13H9F3N4O5S2. The number of rotatable bonds is 6. The molecule has 27 heavy (non-hydrogen) atoms. The van der Waals surface area contributed by atoms with Gasteiger partial charge >= 0.3 is 11.2 Å². The fraction of sp³-hybridized carbons (Fsp3) is 0.154. The molecule has 0 aromatic carbocycles. The Hall–Kier alpha value is -2.87. The van der Waals surface area contributed by atoms with Crippen molar-refractivity contribution < 1.29 is 31.3 Å². The number of hydrogen-bond donors (Lipinski definition) is 1. The molecule has 0 bridgehead atoms. The number of sulfone groups is 1. The Morgan fingerprint density at radius 2 is 2.11 bits per heavy atom. The number of hydrogen-bond acceptors (Lipinski definition) is 8. The fourth-order valence-corrected chi connectivity index (χ4v) is 3.41. The lowest BCUT2D eigenvalue weighted by Crippen LogP contribution is -2.27. The maximum absolute atomic E-state index is 12.4. The minimum Gasteiger partial charge on any atom is -0.272 e. The fourth-order valence-electron chi connectivity index (χ4n) is 1.69. The van der Waals surface area contributed by atoms with E-state index in [1.807, 2.05) is 5.43 Å². The van der Waals surface area contributed by atoms with Crippen molar-refractivity contribution in [3.05, 3.63) is 51.0 Å². The van der Waals surface area contributed by atoms with Gasteiger partial charge < -0.3 is 0 Å². The van der Waals surface area contributed by atoms with Crippen LogP contribution in [-0.4, -0.2) is 36.2 Å². The molecule has 0 aliphatic carbocycles. The molecule has 0 aliphatic rings. The number of amides is 1. The second-order valence-corrected chi connectivity index (χ2v) is 7.74. The molecule has 9 nitrogen and oxygen atoms in total. The Morgan fingerprint density at radius 1 is 1.41 bits per heavy atom. The molecule has 1 amide bonds. The van der Waals surface area contributed by atoms with Crippen LogP contribution in [-0.2, 0) is 20.8 Å². The number of nitrogens with one attached hydrogen (secondary N) is 1. The maximum Gasteiger partial charge on any atom is 0.417 e. The van der Waals surface area contributed by atoms with Crippen LogP contribution >= 0.6 is 11.3 Å². The molecule has 0 atom stereocenters. The van der Waals surface area contributed by atoms with E-state index in [4.69, 9.17) is 0 Å². The first-order valence-corrected chi connectivity index (χ1v) is 9.33. The number of alkyl halides is 3. The largest absolute Gasteiger partial charge is 0.417 e. The molecule has 0 saturated carbocycles. The Labute approximate surface area is 153 Å². The molecule has 1 N–H and O–H groups in total. The summed E-state index contributed by atoms with van der Waals surface area (Å²) in [6.45, 7) is 0. The Bertz CT molecular complexity index is 984. The van der Waals surface area contributed by atoms with Crippen LogP contribution in [0.3, 0.4) is 0 Å². The molecule has 14 heteroatoms. The molecule has 144 valence electrons. The summed E-state index contributed by atoms with van der Waals surface area (Å²) < 4.78 is 61.3. The van der Waals surface area contributed by atoms with Crippen LogP contribution in [0, 0.1) is 10.1 Å². The van der Waals surface area contributed by atoms with E-state index in [-0.39, 0.29) is 5.00 Å². The van der Waals surface area contributed by atoms with Crippen LogP contribution < -0.4 is 5.43 Å². The van der Waals surface area contributed by atoms with Gasteiger partial charge in [0.05, 0.1) is 16.7 Å². The molecule has 2 rings (SSSR count). The van der Waals surface area contributed by atoms with E-state index >= 15 is 0 Å². The summed E-state index contributed by atoms with van der Waals surface area (Å²) in [5, 5.41) is 14.6. The molecule has 0 spiro atoms. The van der Waals surface area contributed by atoms with Crippen LogP contribution in [0.25, 0.3) is 0 Å². The first-order valence-electron chi connectivity index (χ1n) is 6.80. The van der Waals surface area contributed by atoms with E-state index in [0.29, 0.717) is 23.9 Å². The third-order valence-electron chi connectivity index (χ3n) is 2.89. The minimum atomic E-state index is -4.67. The van der Waals surface area contributed by atoms with Crippen molar-refractivity contribution in [2.45, 2.75) is 11.2 Å². The Morgan fingerprint density at radius 3 is 2.63 bits per heavy atom. The third-order valence-corrected chi connectivity index (χ3v) is 5.31. The van der Waals surface area contributed by atoms with E-state index in [0.717, 1.165) is 17.6 Å². The summed E-state index contributed by atoms with van der Waals surface area (Å²) in [5.41, 5.74) is 1.10. The highest BCUT2D eigenvalue weighted by atomic mass is 32.2. The van der Waals surface area contributed by atoms with Gasteiger partial charge in [-0.15, -0.1) is 0 Å². The summed E-state index contributed by atoms with van der Waals surface area (Å²) in [4.78, 5) is 24.8. The van der Waals surface area contributed by atoms with Crippen molar-refractivity contribution >= 4 is 38.3 Å². The predicted octanol–water partition coefficient (Wildman–Crippen LogP) is 1.99. The number of pyridine rings is 1. The highest BCUT2D eigenvalue weighted by Crippen LogP contribution is 2.28. The van der Waals surface area contributed by atoms with Crippen LogP contribution in [0.5, 0.6) is 0 Å². The van der Waals surface area contributed by atoms with Gasteiger partial charge in [0.2, 0.25) is 9.84 Å².